The molecule has 0 radical (unpaired) electrons. The van der Waals surface area contributed by atoms with Gasteiger partial charge in [0.05, 0.1) is 10.9 Å². The van der Waals surface area contributed by atoms with Crippen molar-refractivity contribution in [3.63, 3.8) is 0 Å². The van der Waals surface area contributed by atoms with Gasteiger partial charge in [-0.05, 0) is 37.5 Å². The van der Waals surface area contributed by atoms with Gasteiger partial charge in [-0.2, -0.15) is 4.31 Å². The van der Waals surface area contributed by atoms with Crippen molar-refractivity contribution in [2.24, 2.45) is 7.05 Å². The van der Waals surface area contributed by atoms with Crippen LogP contribution in [0.5, 0.6) is 0 Å². The van der Waals surface area contributed by atoms with Gasteiger partial charge in [0.15, 0.2) is 5.82 Å². The molecule has 1 aromatic carbocycles. The zero-order valence-electron chi connectivity index (χ0n) is 12.4. The zero-order valence-corrected chi connectivity index (χ0v) is 14.0. The van der Waals surface area contributed by atoms with Crippen LogP contribution in [0, 0.1) is 6.92 Å². The van der Waals surface area contributed by atoms with Gasteiger partial charge in [-0.15, -0.1) is 10.2 Å². The summed E-state index contributed by atoms with van der Waals surface area (Å²) in [5.74, 6) is 0.666. The predicted octanol–water partition coefficient (Wildman–Crippen LogP) is 2.30. The normalized spacial score (nSPS) is 19.7. The SMILES string of the molecule is Cc1ccc(S(=O)(=O)N2CCC[C@H]2c2nncn2C)cc1Cl. The Bertz CT molecular complexity index is 803. The molecule has 2 heterocycles. The summed E-state index contributed by atoms with van der Waals surface area (Å²) in [4.78, 5) is 0.220. The Labute approximate surface area is 134 Å². The van der Waals surface area contributed by atoms with Crippen LogP contribution in [0.1, 0.15) is 30.3 Å². The zero-order chi connectivity index (χ0) is 15.9. The number of halogens is 1. The van der Waals surface area contributed by atoms with Crippen LogP contribution < -0.4 is 0 Å². The van der Waals surface area contributed by atoms with Crippen LogP contribution in [0.3, 0.4) is 0 Å². The third kappa shape index (κ3) is 2.53. The van der Waals surface area contributed by atoms with Crippen molar-refractivity contribution in [1.82, 2.24) is 19.1 Å². The number of aryl methyl sites for hydroxylation is 2. The molecule has 0 unspecified atom stereocenters. The second-order valence-corrected chi connectivity index (χ2v) is 7.78. The number of hydrogen-bond donors (Lipinski definition) is 0. The van der Waals surface area contributed by atoms with Gasteiger partial charge in [-0.1, -0.05) is 17.7 Å². The van der Waals surface area contributed by atoms with Crippen LogP contribution in [0.15, 0.2) is 29.4 Å². The summed E-state index contributed by atoms with van der Waals surface area (Å²) in [5.41, 5.74) is 0.854. The summed E-state index contributed by atoms with van der Waals surface area (Å²) in [5, 5.41) is 8.37. The Balaban J connectivity index is 2.00. The van der Waals surface area contributed by atoms with Crippen molar-refractivity contribution < 1.29 is 8.42 Å². The molecule has 0 bridgehead atoms. The first kappa shape index (κ1) is 15.5. The molecule has 0 N–H and O–H groups in total. The quantitative estimate of drug-likeness (QED) is 0.859. The number of sulfonamides is 1. The molecule has 1 saturated heterocycles. The van der Waals surface area contributed by atoms with E-state index >= 15 is 0 Å². The molecule has 0 spiro atoms. The highest BCUT2D eigenvalue weighted by atomic mass is 35.5. The second-order valence-electron chi connectivity index (χ2n) is 5.48. The minimum Gasteiger partial charge on any atom is -0.319 e. The lowest BCUT2D eigenvalue weighted by Gasteiger charge is -2.23. The lowest BCUT2D eigenvalue weighted by Crippen LogP contribution is -2.32. The molecule has 2 aromatic rings. The Morgan fingerprint density at radius 2 is 2.14 bits per heavy atom. The maximum atomic E-state index is 12.9. The first-order chi connectivity index (χ1) is 10.4. The molecule has 1 aromatic heterocycles. The van der Waals surface area contributed by atoms with Gasteiger partial charge < -0.3 is 4.57 Å². The molecule has 1 aliphatic rings. The Hall–Kier alpha value is -1.44. The fourth-order valence-electron chi connectivity index (χ4n) is 2.75. The molecule has 0 aliphatic carbocycles. The van der Waals surface area contributed by atoms with Gasteiger partial charge in [-0.3, -0.25) is 0 Å². The van der Waals surface area contributed by atoms with E-state index in [2.05, 4.69) is 10.2 Å². The van der Waals surface area contributed by atoms with Crippen molar-refractivity contribution in [3.8, 4) is 0 Å². The maximum absolute atomic E-state index is 12.9. The van der Waals surface area contributed by atoms with E-state index in [1.165, 1.54) is 10.4 Å². The van der Waals surface area contributed by atoms with Crippen LogP contribution in [0.4, 0.5) is 0 Å². The van der Waals surface area contributed by atoms with Gasteiger partial charge >= 0.3 is 0 Å². The first-order valence-corrected chi connectivity index (χ1v) is 8.85. The summed E-state index contributed by atoms with van der Waals surface area (Å²) >= 11 is 6.08. The monoisotopic (exact) mass is 340 g/mol. The van der Waals surface area contributed by atoms with Crippen LogP contribution in [0.25, 0.3) is 0 Å². The van der Waals surface area contributed by atoms with E-state index in [9.17, 15) is 8.42 Å². The number of aromatic nitrogens is 3. The fraction of sp³-hybridized carbons (Fsp3) is 0.429. The highest BCUT2D eigenvalue weighted by Gasteiger charge is 2.38. The Morgan fingerprint density at radius 1 is 1.36 bits per heavy atom. The molecule has 118 valence electrons. The third-order valence-corrected chi connectivity index (χ3v) is 6.31. The summed E-state index contributed by atoms with van der Waals surface area (Å²) in [6.07, 6.45) is 3.13. The molecule has 1 aliphatic heterocycles. The molecule has 0 amide bonds. The largest absolute Gasteiger partial charge is 0.319 e. The fourth-order valence-corrected chi connectivity index (χ4v) is 4.68. The molecule has 22 heavy (non-hydrogen) atoms. The van der Waals surface area contributed by atoms with Crippen molar-refractivity contribution in [2.75, 3.05) is 6.54 Å². The molecular formula is C14H17ClN4O2S. The van der Waals surface area contributed by atoms with Gasteiger partial charge in [-0.25, -0.2) is 8.42 Å². The van der Waals surface area contributed by atoms with Crippen molar-refractivity contribution >= 4 is 21.6 Å². The number of hydrogen-bond acceptors (Lipinski definition) is 4. The topological polar surface area (TPSA) is 68.1 Å². The van der Waals surface area contributed by atoms with E-state index in [1.54, 1.807) is 23.0 Å². The van der Waals surface area contributed by atoms with Crippen LogP contribution in [0.2, 0.25) is 5.02 Å². The number of benzene rings is 1. The van der Waals surface area contributed by atoms with E-state index in [0.29, 0.717) is 17.4 Å². The molecule has 1 atom stereocenters. The van der Waals surface area contributed by atoms with Crippen LogP contribution in [-0.4, -0.2) is 34.0 Å². The van der Waals surface area contributed by atoms with E-state index in [0.717, 1.165) is 18.4 Å². The molecular weight excluding hydrogens is 324 g/mol. The Morgan fingerprint density at radius 3 is 2.77 bits per heavy atom. The summed E-state index contributed by atoms with van der Waals surface area (Å²) in [7, 11) is -1.78. The van der Waals surface area contributed by atoms with Gasteiger partial charge in [0.1, 0.15) is 6.33 Å². The Kier molecular flexibility index (Phi) is 3.96. The third-order valence-electron chi connectivity index (χ3n) is 4.00. The van der Waals surface area contributed by atoms with E-state index in [-0.39, 0.29) is 10.9 Å². The molecule has 6 nitrogen and oxygen atoms in total. The summed E-state index contributed by atoms with van der Waals surface area (Å²) in [6, 6.07) is 4.56. The minimum absolute atomic E-state index is 0.220. The van der Waals surface area contributed by atoms with E-state index < -0.39 is 10.0 Å². The van der Waals surface area contributed by atoms with Crippen molar-refractivity contribution in [2.45, 2.75) is 30.7 Å². The van der Waals surface area contributed by atoms with Gasteiger partial charge in [0.25, 0.3) is 0 Å². The minimum atomic E-state index is -3.60. The van der Waals surface area contributed by atoms with Crippen LogP contribution in [-0.2, 0) is 17.1 Å². The van der Waals surface area contributed by atoms with Crippen molar-refractivity contribution in [3.05, 3.63) is 40.9 Å². The second kappa shape index (κ2) is 5.64. The highest BCUT2D eigenvalue weighted by molar-refractivity contribution is 7.89. The van der Waals surface area contributed by atoms with Gasteiger partial charge in [0, 0.05) is 18.6 Å². The highest BCUT2D eigenvalue weighted by Crippen LogP contribution is 2.36. The van der Waals surface area contributed by atoms with Crippen LogP contribution >= 0.6 is 11.6 Å². The maximum Gasteiger partial charge on any atom is 0.243 e. The number of rotatable bonds is 3. The average molecular weight is 341 g/mol. The van der Waals surface area contributed by atoms with E-state index in [1.807, 2.05) is 14.0 Å². The molecule has 3 rings (SSSR count). The molecule has 1 fully saturated rings. The van der Waals surface area contributed by atoms with Gasteiger partial charge in [0.2, 0.25) is 10.0 Å². The number of nitrogens with zero attached hydrogens (tertiary/aromatic N) is 4. The molecule has 8 heteroatoms. The lowest BCUT2D eigenvalue weighted by atomic mass is 10.2. The van der Waals surface area contributed by atoms with E-state index in [4.69, 9.17) is 11.6 Å². The summed E-state index contributed by atoms with van der Waals surface area (Å²) in [6.45, 7) is 2.32. The standard InChI is InChI=1S/C14H17ClN4O2S/c1-10-5-6-11(8-12(10)15)22(20,21)19-7-3-4-13(19)14-17-16-9-18(14)2/h5-6,8-9,13H,3-4,7H2,1-2H3/t13-/m0/s1. The van der Waals surface area contributed by atoms with Crippen molar-refractivity contribution in [1.29, 1.82) is 0 Å². The first-order valence-electron chi connectivity index (χ1n) is 7.03. The summed E-state index contributed by atoms with van der Waals surface area (Å²) < 4.78 is 29.1. The predicted molar refractivity (Wildman–Crippen MR) is 83.1 cm³/mol. The molecule has 0 saturated carbocycles. The average Bonchev–Trinajstić information content (AvgIpc) is 3.10. The lowest BCUT2D eigenvalue weighted by molar-refractivity contribution is 0.376. The smallest absolute Gasteiger partial charge is 0.243 e.